The largest absolute Gasteiger partial charge is 0.459 e. The van der Waals surface area contributed by atoms with Crippen molar-refractivity contribution in [1.82, 2.24) is 4.90 Å². The first-order valence-corrected chi connectivity index (χ1v) is 7.25. The van der Waals surface area contributed by atoms with E-state index in [0.29, 0.717) is 24.0 Å². The van der Waals surface area contributed by atoms with Crippen LogP contribution in [-0.4, -0.2) is 34.0 Å². The normalized spacial score (nSPS) is 20.8. The summed E-state index contributed by atoms with van der Waals surface area (Å²) in [6, 6.07) is 0. The maximum absolute atomic E-state index is 12.5. The molecule has 1 aliphatic heterocycles. The Morgan fingerprint density at radius 2 is 1.43 bits per heavy atom. The molecule has 118 valence electrons. The van der Waals surface area contributed by atoms with Crippen molar-refractivity contribution in [3.05, 3.63) is 24.3 Å². The first-order valence-electron chi connectivity index (χ1n) is 7.25. The molecule has 0 aromatic carbocycles. The van der Waals surface area contributed by atoms with Gasteiger partial charge in [0.25, 0.3) is 0 Å². The van der Waals surface area contributed by atoms with Crippen LogP contribution in [0.2, 0.25) is 0 Å². The molecule has 0 radical (unpaired) electrons. The SMILES string of the molecule is C=C(C)C(=O)OC1CC(C)(C)N(C(=O)C(=C)C)C(C)(C)C1. The van der Waals surface area contributed by atoms with Gasteiger partial charge in [-0.05, 0) is 41.5 Å². The number of nitrogens with zero attached hydrogens (tertiary/aromatic N) is 1. The van der Waals surface area contributed by atoms with E-state index in [1.807, 2.05) is 32.6 Å². The summed E-state index contributed by atoms with van der Waals surface area (Å²) in [6.45, 7) is 18.7. The average Bonchev–Trinajstić information content (AvgIpc) is 2.24. The first-order chi connectivity index (χ1) is 9.38. The van der Waals surface area contributed by atoms with Crippen molar-refractivity contribution >= 4 is 11.9 Å². The topological polar surface area (TPSA) is 46.6 Å². The number of piperidine rings is 1. The van der Waals surface area contributed by atoms with Gasteiger partial charge in [-0.3, -0.25) is 4.79 Å². The molecule has 1 aliphatic rings. The molecule has 0 aliphatic carbocycles. The maximum Gasteiger partial charge on any atom is 0.333 e. The number of hydrogen-bond donors (Lipinski definition) is 0. The van der Waals surface area contributed by atoms with Crippen LogP contribution in [0.25, 0.3) is 0 Å². The highest BCUT2D eigenvalue weighted by Crippen LogP contribution is 2.40. The first kappa shape index (κ1) is 17.5. The summed E-state index contributed by atoms with van der Waals surface area (Å²) < 4.78 is 5.51. The molecule has 0 N–H and O–H groups in total. The van der Waals surface area contributed by atoms with Gasteiger partial charge in [0.15, 0.2) is 0 Å². The molecule has 1 heterocycles. The predicted molar refractivity (Wildman–Crippen MR) is 83.7 cm³/mol. The number of hydrogen-bond acceptors (Lipinski definition) is 3. The minimum absolute atomic E-state index is 0.0466. The van der Waals surface area contributed by atoms with Crippen LogP contribution in [0.5, 0.6) is 0 Å². The molecule has 0 atom stereocenters. The van der Waals surface area contributed by atoms with Crippen LogP contribution in [0.15, 0.2) is 24.3 Å². The standard InChI is InChI=1S/C17H27NO3/c1-11(2)14(19)18-16(5,6)9-13(10-17(18,7)8)21-15(20)12(3)4/h13H,1,3,9-10H2,2,4-8H3. The van der Waals surface area contributed by atoms with E-state index < -0.39 is 11.1 Å². The van der Waals surface area contributed by atoms with E-state index in [9.17, 15) is 9.59 Å². The Balaban J connectivity index is 3.02. The van der Waals surface area contributed by atoms with Crippen LogP contribution >= 0.6 is 0 Å². The Morgan fingerprint density at radius 3 is 1.76 bits per heavy atom. The fraction of sp³-hybridized carbons (Fsp3) is 0.647. The number of ether oxygens (including phenoxy) is 1. The number of amides is 1. The highest BCUT2D eigenvalue weighted by molar-refractivity contribution is 5.93. The summed E-state index contributed by atoms with van der Waals surface area (Å²) >= 11 is 0. The van der Waals surface area contributed by atoms with Gasteiger partial charge < -0.3 is 9.64 Å². The van der Waals surface area contributed by atoms with Crippen LogP contribution in [0.1, 0.15) is 54.4 Å². The zero-order chi connectivity index (χ0) is 16.6. The summed E-state index contributed by atoms with van der Waals surface area (Å²) in [4.78, 5) is 26.1. The summed E-state index contributed by atoms with van der Waals surface area (Å²) in [5, 5.41) is 0. The summed E-state index contributed by atoms with van der Waals surface area (Å²) in [5.41, 5.74) is 0.106. The monoisotopic (exact) mass is 293 g/mol. The van der Waals surface area contributed by atoms with Gasteiger partial charge in [-0.25, -0.2) is 4.79 Å². The lowest BCUT2D eigenvalue weighted by Gasteiger charge is -2.54. The highest BCUT2D eigenvalue weighted by Gasteiger charge is 2.48. The van der Waals surface area contributed by atoms with Gasteiger partial charge in [0.2, 0.25) is 5.91 Å². The van der Waals surface area contributed by atoms with Crippen molar-refractivity contribution in [1.29, 1.82) is 0 Å². The second-order valence-corrected chi connectivity index (χ2v) is 7.26. The van der Waals surface area contributed by atoms with E-state index in [2.05, 4.69) is 13.2 Å². The van der Waals surface area contributed by atoms with Crippen LogP contribution in [-0.2, 0) is 14.3 Å². The summed E-state index contributed by atoms with van der Waals surface area (Å²) in [6.07, 6.45) is 0.997. The van der Waals surface area contributed by atoms with Crippen LogP contribution in [0.3, 0.4) is 0 Å². The number of rotatable bonds is 3. The molecule has 1 saturated heterocycles. The lowest BCUT2D eigenvalue weighted by Crippen LogP contribution is -2.64. The lowest BCUT2D eigenvalue weighted by atomic mass is 9.77. The van der Waals surface area contributed by atoms with Gasteiger partial charge in [0.1, 0.15) is 6.10 Å². The Kier molecular flexibility index (Phi) is 4.71. The van der Waals surface area contributed by atoms with Crippen molar-refractivity contribution in [3.8, 4) is 0 Å². The molecule has 1 rings (SSSR count). The minimum Gasteiger partial charge on any atom is -0.459 e. The number of esters is 1. The quantitative estimate of drug-likeness (QED) is 0.593. The van der Waals surface area contributed by atoms with E-state index in [-0.39, 0.29) is 18.0 Å². The highest BCUT2D eigenvalue weighted by atomic mass is 16.5. The third-order valence-electron chi connectivity index (χ3n) is 3.86. The van der Waals surface area contributed by atoms with E-state index in [0.717, 1.165) is 0 Å². The van der Waals surface area contributed by atoms with E-state index >= 15 is 0 Å². The maximum atomic E-state index is 12.5. The molecule has 4 nitrogen and oxygen atoms in total. The molecule has 0 aromatic heterocycles. The zero-order valence-corrected chi connectivity index (χ0v) is 14.1. The molecule has 0 aromatic rings. The smallest absolute Gasteiger partial charge is 0.333 e. The van der Waals surface area contributed by atoms with Gasteiger partial charge in [0.05, 0.1) is 0 Å². The molecular weight excluding hydrogens is 266 g/mol. The second kappa shape index (κ2) is 5.66. The third kappa shape index (κ3) is 3.74. The number of carbonyl (C=O) groups is 2. The fourth-order valence-electron chi connectivity index (χ4n) is 3.26. The number of carbonyl (C=O) groups excluding carboxylic acids is 2. The second-order valence-electron chi connectivity index (χ2n) is 7.26. The van der Waals surface area contributed by atoms with E-state index in [1.165, 1.54) is 0 Å². The molecule has 0 unspecified atom stereocenters. The minimum atomic E-state index is -0.405. The average molecular weight is 293 g/mol. The van der Waals surface area contributed by atoms with E-state index in [1.54, 1.807) is 13.8 Å². The van der Waals surface area contributed by atoms with Gasteiger partial charge in [-0.15, -0.1) is 0 Å². The van der Waals surface area contributed by atoms with Crippen molar-refractivity contribution in [2.75, 3.05) is 0 Å². The molecule has 1 amide bonds. The van der Waals surface area contributed by atoms with E-state index in [4.69, 9.17) is 4.74 Å². The Labute approximate surface area is 127 Å². The molecule has 0 bridgehead atoms. The van der Waals surface area contributed by atoms with Crippen LogP contribution in [0.4, 0.5) is 0 Å². The number of likely N-dealkylation sites (tertiary alicyclic amines) is 1. The molecule has 21 heavy (non-hydrogen) atoms. The molecular formula is C17H27NO3. The lowest BCUT2D eigenvalue weighted by molar-refractivity contribution is -0.162. The summed E-state index contributed by atoms with van der Waals surface area (Å²) in [5.74, 6) is -0.416. The third-order valence-corrected chi connectivity index (χ3v) is 3.86. The Morgan fingerprint density at radius 1 is 1.00 bits per heavy atom. The fourth-order valence-corrected chi connectivity index (χ4v) is 3.26. The summed E-state index contributed by atoms with van der Waals surface area (Å²) in [7, 11) is 0. The van der Waals surface area contributed by atoms with Crippen LogP contribution in [0, 0.1) is 0 Å². The van der Waals surface area contributed by atoms with Gasteiger partial charge >= 0.3 is 5.97 Å². The van der Waals surface area contributed by atoms with Crippen LogP contribution < -0.4 is 0 Å². The van der Waals surface area contributed by atoms with Gasteiger partial charge in [-0.1, -0.05) is 13.2 Å². The predicted octanol–water partition coefficient (Wildman–Crippen LogP) is 3.23. The van der Waals surface area contributed by atoms with Crippen molar-refractivity contribution < 1.29 is 14.3 Å². The zero-order valence-electron chi connectivity index (χ0n) is 14.1. The molecule has 0 spiro atoms. The van der Waals surface area contributed by atoms with Crippen molar-refractivity contribution in [3.63, 3.8) is 0 Å². The molecule has 0 saturated carbocycles. The van der Waals surface area contributed by atoms with Crippen molar-refractivity contribution in [2.45, 2.75) is 71.6 Å². The Bertz CT molecular complexity index is 470. The molecule has 4 heteroatoms. The Hall–Kier alpha value is -1.58. The van der Waals surface area contributed by atoms with Crippen molar-refractivity contribution in [2.24, 2.45) is 0 Å². The van der Waals surface area contributed by atoms with Gasteiger partial charge in [0, 0.05) is 35.1 Å². The van der Waals surface area contributed by atoms with Gasteiger partial charge in [-0.2, -0.15) is 0 Å². The molecule has 1 fully saturated rings.